The molecule has 1 aliphatic heterocycles. The Labute approximate surface area is 124 Å². The number of hydrogen-bond donors (Lipinski definition) is 2. The molecule has 2 rings (SSSR count). The molecule has 1 saturated heterocycles. The van der Waals surface area contributed by atoms with Gasteiger partial charge in [0.25, 0.3) is 0 Å². The maximum atomic E-state index is 5.98. The summed E-state index contributed by atoms with van der Waals surface area (Å²) >= 11 is 0. The monoisotopic (exact) mass is 283 g/mol. The minimum atomic E-state index is 0.227. The Bertz CT molecular complexity index is 291. The van der Waals surface area contributed by atoms with Gasteiger partial charge in [0.1, 0.15) is 0 Å². The van der Waals surface area contributed by atoms with Gasteiger partial charge < -0.3 is 9.64 Å². The van der Waals surface area contributed by atoms with E-state index in [2.05, 4.69) is 31.3 Å². The molecule has 0 aromatic heterocycles. The van der Waals surface area contributed by atoms with E-state index in [1.165, 1.54) is 44.9 Å². The number of nitrogens with zero attached hydrogens (tertiary/aromatic N) is 1. The van der Waals surface area contributed by atoms with Crippen LogP contribution in [0.5, 0.6) is 0 Å². The van der Waals surface area contributed by atoms with E-state index in [0.717, 1.165) is 25.0 Å². The van der Waals surface area contributed by atoms with Crippen LogP contribution in [0.15, 0.2) is 0 Å². The number of rotatable bonds is 5. The highest BCUT2D eigenvalue weighted by molar-refractivity contribution is 5.01. The zero-order valence-corrected chi connectivity index (χ0v) is 13.5. The van der Waals surface area contributed by atoms with Crippen molar-refractivity contribution in [1.29, 1.82) is 0 Å². The van der Waals surface area contributed by atoms with E-state index in [0.29, 0.717) is 6.04 Å². The largest absolute Gasteiger partial charge is 0.381 e. The van der Waals surface area contributed by atoms with Crippen LogP contribution >= 0.6 is 0 Å². The summed E-state index contributed by atoms with van der Waals surface area (Å²) in [5, 5.41) is 0. The summed E-state index contributed by atoms with van der Waals surface area (Å²) in [4.78, 5) is 2.44. The molecule has 0 spiro atoms. The average molecular weight is 283 g/mol. The van der Waals surface area contributed by atoms with Gasteiger partial charge in [0, 0.05) is 24.8 Å². The second-order valence-corrected chi connectivity index (χ2v) is 7.21. The van der Waals surface area contributed by atoms with E-state index in [9.17, 15) is 0 Å². The SMILES string of the molecule is CC1CCCC(C(CC2CCOCC2)NN)(N(C)C)C1. The maximum absolute atomic E-state index is 5.98. The summed E-state index contributed by atoms with van der Waals surface area (Å²) in [6, 6.07) is 0.392. The molecule has 118 valence electrons. The minimum absolute atomic E-state index is 0.227. The lowest BCUT2D eigenvalue weighted by atomic mass is 9.69. The van der Waals surface area contributed by atoms with Gasteiger partial charge >= 0.3 is 0 Å². The summed E-state index contributed by atoms with van der Waals surface area (Å²) in [6.07, 6.45) is 8.79. The fourth-order valence-corrected chi connectivity index (χ4v) is 4.36. The Hall–Kier alpha value is -0.160. The second kappa shape index (κ2) is 7.21. The summed E-state index contributed by atoms with van der Waals surface area (Å²) < 4.78 is 5.49. The first kappa shape index (κ1) is 16.2. The van der Waals surface area contributed by atoms with Crippen LogP contribution in [0.2, 0.25) is 0 Å². The fraction of sp³-hybridized carbons (Fsp3) is 1.00. The molecule has 3 N–H and O–H groups in total. The van der Waals surface area contributed by atoms with E-state index >= 15 is 0 Å². The molecule has 1 aliphatic carbocycles. The van der Waals surface area contributed by atoms with Crippen molar-refractivity contribution in [3.05, 3.63) is 0 Å². The lowest BCUT2D eigenvalue weighted by Crippen LogP contribution is -2.63. The minimum Gasteiger partial charge on any atom is -0.381 e. The average Bonchev–Trinajstić information content (AvgIpc) is 2.45. The van der Waals surface area contributed by atoms with Crippen molar-refractivity contribution in [3.63, 3.8) is 0 Å². The number of nitrogens with one attached hydrogen (secondary N) is 1. The van der Waals surface area contributed by atoms with E-state index < -0.39 is 0 Å². The summed E-state index contributed by atoms with van der Waals surface area (Å²) in [5.74, 6) is 7.55. The van der Waals surface area contributed by atoms with Crippen LogP contribution < -0.4 is 11.3 Å². The van der Waals surface area contributed by atoms with E-state index in [-0.39, 0.29) is 5.54 Å². The van der Waals surface area contributed by atoms with Gasteiger partial charge in [-0.05, 0) is 58.0 Å². The molecule has 3 atom stereocenters. The number of hydrazine groups is 1. The Morgan fingerprint density at radius 3 is 2.55 bits per heavy atom. The van der Waals surface area contributed by atoms with Crippen molar-refractivity contribution in [2.45, 2.75) is 63.5 Å². The second-order valence-electron chi connectivity index (χ2n) is 7.21. The number of hydrogen-bond acceptors (Lipinski definition) is 4. The van der Waals surface area contributed by atoms with Gasteiger partial charge in [-0.15, -0.1) is 0 Å². The molecule has 1 saturated carbocycles. The normalized spacial score (nSPS) is 34.4. The van der Waals surface area contributed by atoms with Crippen molar-refractivity contribution in [2.75, 3.05) is 27.3 Å². The lowest BCUT2D eigenvalue weighted by Gasteiger charge is -2.51. The Morgan fingerprint density at radius 1 is 1.30 bits per heavy atom. The molecular weight excluding hydrogens is 250 g/mol. The van der Waals surface area contributed by atoms with Crippen molar-refractivity contribution < 1.29 is 4.74 Å². The highest BCUT2D eigenvalue weighted by Gasteiger charge is 2.43. The smallest absolute Gasteiger partial charge is 0.0468 e. The van der Waals surface area contributed by atoms with Gasteiger partial charge in [0.15, 0.2) is 0 Å². The zero-order valence-electron chi connectivity index (χ0n) is 13.5. The molecule has 0 aromatic rings. The van der Waals surface area contributed by atoms with Crippen LogP contribution in [0.3, 0.4) is 0 Å². The molecule has 0 amide bonds. The topological polar surface area (TPSA) is 50.5 Å². The van der Waals surface area contributed by atoms with Crippen molar-refractivity contribution in [1.82, 2.24) is 10.3 Å². The van der Waals surface area contributed by atoms with Gasteiger partial charge in [-0.1, -0.05) is 19.8 Å². The Morgan fingerprint density at radius 2 is 2.00 bits per heavy atom. The number of likely N-dealkylation sites (N-methyl/N-ethyl adjacent to an activating group) is 1. The Kier molecular flexibility index (Phi) is 5.84. The molecule has 4 nitrogen and oxygen atoms in total. The molecule has 1 heterocycles. The van der Waals surface area contributed by atoms with Crippen LogP contribution in [0.1, 0.15) is 51.9 Å². The van der Waals surface area contributed by atoms with Gasteiger partial charge in [0.05, 0.1) is 0 Å². The zero-order chi connectivity index (χ0) is 14.6. The third-order valence-corrected chi connectivity index (χ3v) is 5.66. The van der Waals surface area contributed by atoms with Gasteiger partial charge in [-0.2, -0.15) is 0 Å². The summed E-state index contributed by atoms with van der Waals surface area (Å²) in [7, 11) is 4.46. The molecule has 3 unspecified atom stereocenters. The van der Waals surface area contributed by atoms with Crippen LogP contribution in [0.25, 0.3) is 0 Å². The third-order valence-electron chi connectivity index (χ3n) is 5.66. The van der Waals surface area contributed by atoms with Crippen LogP contribution in [-0.2, 0) is 4.74 Å². The molecule has 0 bridgehead atoms. The maximum Gasteiger partial charge on any atom is 0.0468 e. The number of ether oxygens (including phenoxy) is 1. The molecule has 0 aromatic carbocycles. The summed E-state index contributed by atoms with van der Waals surface area (Å²) in [6.45, 7) is 4.24. The van der Waals surface area contributed by atoms with Gasteiger partial charge in [-0.3, -0.25) is 11.3 Å². The summed E-state index contributed by atoms with van der Waals surface area (Å²) in [5.41, 5.74) is 3.41. The molecular formula is C16H33N3O. The van der Waals surface area contributed by atoms with E-state index in [1.807, 2.05) is 0 Å². The Balaban J connectivity index is 2.07. The highest BCUT2D eigenvalue weighted by atomic mass is 16.5. The van der Waals surface area contributed by atoms with Crippen molar-refractivity contribution >= 4 is 0 Å². The molecule has 0 radical (unpaired) electrons. The van der Waals surface area contributed by atoms with Crippen LogP contribution in [-0.4, -0.2) is 43.8 Å². The first-order valence-electron chi connectivity index (χ1n) is 8.30. The van der Waals surface area contributed by atoms with Gasteiger partial charge in [0.2, 0.25) is 0 Å². The van der Waals surface area contributed by atoms with Gasteiger partial charge in [-0.25, -0.2) is 0 Å². The van der Waals surface area contributed by atoms with E-state index in [4.69, 9.17) is 10.6 Å². The molecule has 2 fully saturated rings. The third kappa shape index (κ3) is 3.53. The first-order valence-corrected chi connectivity index (χ1v) is 8.30. The fourth-order valence-electron chi connectivity index (χ4n) is 4.36. The van der Waals surface area contributed by atoms with E-state index in [1.54, 1.807) is 0 Å². The van der Waals surface area contributed by atoms with Crippen LogP contribution in [0.4, 0.5) is 0 Å². The van der Waals surface area contributed by atoms with Crippen molar-refractivity contribution in [2.24, 2.45) is 17.7 Å². The predicted molar refractivity (Wildman–Crippen MR) is 83.3 cm³/mol. The molecule has 4 heteroatoms. The molecule has 2 aliphatic rings. The quantitative estimate of drug-likeness (QED) is 0.599. The standard InChI is InChI=1S/C16H33N3O/c1-13-5-4-8-16(12-13,19(2)3)15(18-17)11-14-6-9-20-10-7-14/h13-15,18H,4-12,17H2,1-3H3. The van der Waals surface area contributed by atoms with Crippen molar-refractivity contribution in [3.8, 4) is 0 Å². The highest BCUT2D eigenvalue weighted by Crippen LogP contribution is 2.40. The number of nitrogens with two attached hydrogens (primary N) is 1. The predicted octanol–water partition coefficient (Wildman–Crippen LogP) is 2.15. The molecule has 20 heavy (non-hydrogen) atoms. The van der Waals surface area contributed by atoms with Crippen LogP contribution in [0, 0.1) is 11.8 Å². The lowest BCUT2D eigenvalue weighted by molar-refractivity contribution is 0.0120. The first-order chi connectivity index (χ1) is 9.58.